The van der Waals surface area contributed by atoms with Crippen LogP contribution < -0.4 is 0 Å². The van der Waals surface area contributed by atoms with Gasteiger partial charge in [-0.25, -0.2) is 12.8 Å². The highest BCUT2D eigenvalue weighted by Gasteiger charge is 2.38. The maximum absolute atomic E-state index is 13.1. The second-order valence-electron chi connectivity index (χ2n) is 8.38. The van der Waals surface area contributed by atoms with Gasteiger partial charge in [-0.05, 0) is 40.8 Å². The topological polar surface area (TPSA) is 91.8 Å². The number of halogens is 1. The molecule has 0 saturated carbocycles. The summed E-state index contributed by atoms with van der Waals surface area (Å²) >= 11 is 0. The second-order valence-corrected chi connectivity index (χ2v) is 10.4. The lowest BCUT2D eigenvalue weighted by molar-refractivity contribution is -0.153. The second kappa shape index (κ2) is 8.28. The summed E-state index contributed by atoms with van der Waals surface area (Å²) in [5.41, 5.74) is 1.03. The number of piperidine rings is 1. The van der Waals surface area contributed by atoms with Gasteiger partial charge in [0.25, 0.3) is 0 Å². The average Bonchev–Trinajstić information content (AvgIpc) is 2.64. The average molecular weight is 434 g/mol. The van der Waals surface area contributed by atoms with Crippen LogP contribution in [-0.2, 0) is 19.4 Å². The van der Waals surface area contributed by atoms with E-state index in [9.17, 15) is 27.5 Å². The molecule has 0 radical (unpaired) electrons. The Morgan fingerprint density at radius 1 is 0.967 bits per heavy atom. The Kier molecular flexibility index (Phi) is 6.10. The number of hydrogen-bond acceptors (Lipinski definition) is 5. The molecule has 6 nitrogen and oxygen atoms in total. The Morgan fingerprint density at radius 2 is 1.43 bits per heavy atom. The van der Waals surface area contributed by atoms with Gasteiger partial charge < -0.3 is 5.11 Å². The van der Waals surface area contributed by atoms with E-state index < -0.39 is 38.9 Å². The molecule has 30 heavy (non-hydrogen) atoms. The van der Waals surface area contributed by atoms with Gasteiger partial charge in [0.1, 0.15) is 5.82 Å². The summed E-state index contributed by atoms with van der Waals surface area (Å²) in [6, 6.07) is 11.9. The van der Waals surface area contributed by atoms with E-state index in [0.717, 1.165) is 16.0 Å². The highest BCUT2D eigenvalue weighted by molar-refractivity contribution is 7.91. The lowest BCUT2D eigenvalue weighted by Crippen LogP contribution is -2.49. The zero-order valence-electron chi connectivity index (χ0n) is 16.8. The molecule has 0 aromatic heterocycles. The van der Waals surface area contributed by atoms with Gasteiger partial charge in [0, 0.05) is 12.8 Å². The molecule has 0 spiro atoms. The number of amides is 2. The van der Waals surface area contributed by atoms with Gasteiger partial charge in [0.05, 0.1) is 23.3 Å². The van der Waals surface area contributed by atoms with Crippen LogP contribution in [0.1, 0.15) is 26.7 Å². The maximum Gasteiger partial charge on any atom is 0.229 e. The normalized spacial score (nSPS) is 17.8. The Balaban J connectivity index is 1.68. The van der Waals surface area contributed by atoms with Gasteiger partial charge in [-0.2, -0.15) is 0 Å². The molecule has 8 heteroatoms. The number of carbonyl (C=O) groups excluding carboxylic acids is 2. The van der Waals surface area contributed by atoms with Gasteiger partial charge in [0.2, 0.25) is 11.8 Å². The van der Waals surface area contributed by atoms with Gasteiger partial charge in [0.15, 0.2) is 9.84 Å². The van der Waals surface area contributed by atoms with Crippen molar-refractivity contribution in [3.63, 3.8) is 0 Å². The molecule has 1 atom stereocenters. The predicted octanol–water partition coefficient (Wildman–Crippen LogP) is 2.80. The fourth-order valence-electron chi connectivity index (χ4n) is 3.52. The number of hydrogen-bond donors (Lipinski definition) is 1. The van der Waals surface area contributed by atoms with Crippen molar-refractivity contribution in [1.82, 2.24) is 4.90 Å². The number of aliphatic hydroxyl groups excluding tert-OH is 1. The Morgan fingerprint density at radius 3 is 1.93 bits per heavy atom. The van der Waals surface area contributed by atoms with E-state index in [1.54, 1.807) is 24.3 Å². The van der Waals surface area contributed by atoms with Crippen LogP contribution in [0.3, 0.4) is 0 Å². The first-order chi connectivity index (χ1) is 14.0. The Hall–Kier alpha value is -2.58. The van der Waals surface area contributed by atoms with Gasteiger partial charge in [-0.1, -0.05) is 38.1 Å². The first kappa shape index (κ1) is 22.1. The minimum Gasteiger partial charge on any atom is -0.390 e. The predicted molar refractivity (Wildman–Crippen MR) is 110 cm³/mol. The minimum absolute atomic E-state index is 0.0184. The number of sulfone groups is 1. The number of imide groups is 1. The molecule has 1 saturated heterocycles. The van der Waals surface area contributed by atoms with Crippen molar-refractivity contribution in [2.75, 3.05) is 12.3 Å². The molecule has 160 valence electrons. The molecule has 1 N–H and O–H groups in total. The summed E-state index contributed by atoms with van der Waals surface area (Å²) in [5.74, 6) is -1.78. The van der Waals surface area contributed by atoms with E-state index in [2.05, 4.69) is 0 Å². The lowest BCUT2D eigenvalue weighted by atomic mass is 9.81. The van der Waals surface area contributed by atoms with E-state index in [1.165, 1.54) is 24.3 Å². The van der Waals surface area contributed by atoms with Crippen molar-refractivity contribution < 1.29 is 27.5 Å². The van der Waals surface area contributed by atoms with Crippen LogP contribution in [0.5, 0.6) is 0 Å². The first-order valence-electron chi connectivity index (χ1n) is 9.57. The largest absolute Gasteiger partial charge is 0.390 e. The van der Waals surface area contributed by atoms with Crippen LogP contribution in [0.2, 0.25) is 0 Å². The highest BCUT2D eigenvalue weighted by atomic mass is 32.2. The Bertz CT molecular complexity index is 1030. The monoisotopic (exact) mass is 433 g/mol. The third-order valence-electron chi connectivity index (χ3n) is 5.06. The molecule has 1 fully saturated rings. The summed E-state index contributed by atoms with van der Waals surface area (Å²) in [6.07, 6.45) is -1.05. The zero-order chi connectivity index (χ0) is 22.1. The molecule has 2 aromatic carbocycles. The first-order valence-corrected chi connectivity index (χ1v) is 11.2. The summed E-state index contributed by atoms with van der Waals surface area (Å²) in [6.45, 7) is 3.29. The molecule has 1 heterocycles. The van der Waals surface area contributed by atoms with Crippen LogP contribution in [0.15, 0.2) is 53.4 Å². The lowest BCUT2D eigenvalue weighted by Gasteiger charge is -2.35. The van der Waals surface area contributed by atoms with Crippen LogP contribution >= 0.6 is 0 Å². The third kappa shape index (κ3) is 5.12. The Labute approximate surface area is 175 Å². The van der Waals surface area contributed by atoms with Crippen molar-refractivity contribution in [2.45, 2.75) is 37.7 Å². The fraction of sp³-hybridized carbons (Fsp3) is 0.364. The van der Waals surface area contributed by atoms with Gasteiger partial charge in [-0.3, -0.25) is 14.5 Å². The number of likely N-dealkylation sites (tertiary alicyclic amines) is 1. The van der Waals surface area contributed by atoms with E-state index in [0.29, 0.717) is 0 Å². The highest BCUT2D eigenvalue weighted by Crippen LogP contribution is 2.31. The van der Waals surface area contributed by atoms with E-state index in [4.69, 9.17) is 0 Å². The summed E-state index contributed by atoms with van der Waals surface area (Å²) in [5, 5.41) is 10.3. The fourth-order valence-corrected chi connectivity index (χ4v) is 4.88. The van der Waals surface area contributed by atoms with E-state index in [-0.39, 0.29) is 30.1 Å². The van der Waals surface area contributed by atoms with Gasteiger partial charge >= 0.3 is 0 Å². The van der Waals surface area contributed by atoms with Crippen molar-refractivity contribution in [3.8, 4) is 11.1 Å². The van der Waals surface area contributed by atoms with Crippen molar-refractivity contribution >= 4 is 21.7 Å². The molecule has 2 amide bonds. The van der Waals surface area contributed by atoms with Crippen molar-refractivity contribution in [3.05, 3.63) is 54.3 Å². The number of benzene rings is 2. The number of carbonyl (C=O) groups is 2. The molecular weight excluding hydrogens is 409 g/mol. The van der Waals surface area contributed by atoms with Crippen LogP contribution in [0.4, 0.5) is 4.39 Å². The zero-order valence-corrected chi connectivity index (χ0v) is 17.7. The van der Waals surface area contributed by atoms with Crippen LogP contribution in [0.25, 0.3) is 11.1 Å². The summed E-state index contributed by atoms with van der Waals surface area (Å²) in [4.78, 5) is 25.4. The smallest absolute Gasteiger partial charge is 0.229 e. The van der Waals surface area contributed by atoms with Crippen LogP contribution in [-0.4, -0.2) is 48.6 Å². The molecule has 0 bridgehead atoms. The molecule has 1 aliphatic rings. The van der Waals surface area contributed by atoms with Crippen LogP contribution in [0, 0.1) is 11.2 Å². The standard InChI is InChI=1S/C22H24FNO5S/c1-22(2)11-20(26)24(21(27)12-22)13-18(25)14-30(28,29)19-9-5-16(6-10-19)15-3-7-17(23)8-4-15/h3-10,18,25H,11-14H2,1-2H3. The quantitative estimate of drug-likeness (QED) is 0.708. The maximum atomic E-state index is 13.1. The number of aliphatic hydroxyl groups is 1. The van der Waals surface area contributed by atoms with Crippen molar-refractivity contribution in [2.24, 2.45) is 5.41 Å². The minimum atomic E-state index is -3.83. The van der Waals surface area contributed by atoms with E-state index in [1.807, 2.05) is 13.8 Å². The molecule has 0 aliphatic carbocycles. The molecular formula is C22H24FNO5S. The number of nitrogens with zero attached hydrogens (tertiary/aromatic N) is 1. The summed E-state index contributed by atoms with van der Waals surface area (Å²) < 4.78 is 38.3. The van der Waals surface area contributed by atoms with Gasteiger partial charge in [-0.15, -0.1) is 0 Å². The van der Waals surface area contributed by atoms with E-state index >= 15 is 0 Å². The van der Waals surface area contributed by atoms with Crippen molar-refractivity contribution in [1.29, 1.82) is 0 Å². The molecule has 3 rings (SSSR count). The summed E-state index contributed by atoms with van der Waals surface area (Å²) in [7, 11) is -3.83. The number of β-amino-alcohol motifs (C(OH)–C–C–N with tert-alkyl or cyclic N) is 1. The molecule has 1 aliphatic heterocycles. The molecule has 1 unspecified atom stereocenters. The third-order valence-corrected chi connectivity index (χ3v) is 6.87. The molecule has 2 aromatic rings. The number of rotatable bonds is 6. The SMILES string of the molecule is CC1(C)CC(=O)N(CC(O)CS(=O)(=O)c2ccc(-c3ccc(F)cc3)cc2)C(=O)C1.